The van der Waals surface area contributed by atoms with Crippen molar-refractivity contribution in [3.63, 3.8) is 0 Å². The van der Waals surface area contributed by atoms with Gasteiger partial charge < -0.3 is 34.1 Å². The number of carbonyl (C=O) groups is 1. The van der Waals surface area contributed by atoms with Crippen molar-refractivity contribution in [2.75, 3.05) is 52.9 Å². The number of phenols is 1. The van der Waals surface area contributed by atoms with Crippen molar-refractivity contribution in [1.29, 1.82) is 0 Å². The summed E-state index contributed by atoms with van der Waals surface area (Å²) in [5.41, 5.74) is 3.00. The molecule has 8 heteroatoms. The lowest BCUT2D eigenvalue weighted by Crippen LogP contribution is -2.29. The van der Waals surface area contributed by atoms with Crippen molar-refractivity contribution in [3.05, 3.63) is 53.7 Å². The first-order valence-corrected chi connectivity index (χ1v) is 11.5. The molecule has 2 N–H and O–H groups in total. The highest BCUT2D eigenvalue weighted by Crippen LogP contribution is 2.41. The van der Waals surface area contributed by atoms with Crippen molar-refractivity contribution in [2.45, 2.75) is 6.42 Å². The van der Waals surface area contributed by atoms with Crippen molar-refractivity contribution in [2.24, 2.45) is 0 Å². The molecule has 8 nitrogen and oxygen atoms in total. The van der Waals surface area contributed by atoms with Gasteiger partial charge in [0, 0.05) is 41.5 Å². The van der Waals surface area contributed by atoms with Crippen LogP contribution < -0.4 is 19.1 Å². The summed E-state index contributed by atoms with van der Waals surface area (Å²) in [6, 6.07) is 12.8. The number of hydrogen-bond acceptors (Lipinski definition) is 6. The topological polar surface area (TPSA) is 87.3 Å². The van der Waals surface area contributed by atoms with E-state index in [9.17, 15) is 9.90 Å². The number of aromatic nitrogens is 1. The van der Waals surface area contributed by atoms with Crippen LogP contribution in [0.15, 0.2) is 42.5 Å². The number of carbonyl (C=O) groups excluding carboxylic acids is 1. The largest absolute Gasteiger partial charge is 0.507 e. The molecule has 1 aromatic heterocycles. The van der Waals surface area contributed by atoms with E-state index in [1.165, 1.54) is 0 Å². The SMILES string of the molecule is COc1ccc2c(O)cc3c(c2c1)CCN3C(=O)c1cc2cc(OCCN(C)C)c(OC)cc2[nH]1. The van der Waals surface area contributed by atoms with Gasteiger partial charge in [0.2, 0.25) is 0 Å². The van der Waals surface area contributed by atoms with Gasteiger partial charge >= 0.3 is 0 Å². The van der Waals surface area contributed by atoms with E-state index in [1.807, 2.05) is 55.4 Å². The monoisotopic (exact) mass is 475 g/mol. The highest BCUT2D eigenvalue weighted by atomic mass is 16.5. The number of fused-ring (bicyclic) bond motifs is 4. The number of H-pyrrole nitrogens is 1. The van der Waals surface area contributed by atoms with E-state index in [0.29, 0.717) is 42.5 Å². The van der Waals surface area contributed by atoms with Crippen LogP contribution in [-0.4, -0.2) is 68.9 Å². The second-order valence-corrected chi connectivity index (χ2v) is 8.94. The van der Waals surface area contributed by atoms with Gasteiger partial charge in [-0.05, 0) is 61.8 Å². The number of hydrogen-bond donors (Lipinski definition) is 2. The molecule has 1 aliphatic rings. The van der Waals surface area contributed by atoms with Crippen LogP contribution in [0.25, 0.3) is 21.7 Å². The molecule has 1 amide bonds. The lowest BCUT2D eigenvalue weighted by molar-refractivity contribution is 0.0985. The summed E-state index contributed by atoms with van der Waals surface area (Å²) in [5.74, 6) is 1.94. The maximum Gasteiger partial charge on any atom is 0.274 e. The molecular weight excluding hydrogens is 446 g/mol. The van der Waals surface area contributed by atoms with E-state index in [0.717, 1.165) is 39.5 Å². The number of methoxy groups -OCH3 is 2. The number of amides is 1. The molecule has 0 spiro atoms. The fourth-order valence-corrected chi connectivity index (χ4v) is 4.63. The minimum atomic E-state index is -0.157. The molecule has 4 aromatic rings. The van der Waals surface area contributed by atoms with Gasteiger partial charge in [0.25, 0.3) is 5.91 Å². The van der Waals surface area contributed by atoms with E-state index in [4.69, 9.17) is 14.2 Å². The molecule has 1 aliphatic heterocycles. The Bertz CT molecular complexity index is 1430. The number of anilines is 1. The lowest BCUT2D eigenvalue weighted by atomic mass is 10.0. The van der Waals surface area contributed by atoms with Crippen LogP contribution in [0.2, 0.25) is 0 Å². The number of aromatic amines is 1. The van der Waals surface area contributed by atoms with Gasteiger partial charge in [-0.3, -0.25) is 4.79 Å². The molecule has 0 aliphatic carbocycles. The standard InChI is InChI=1S/C27H29N3O5/c1-29(2)9-10-35-26-12-16-11-22(28-21(16)14-25(26)34-4)27(32)30-8-7-18-20-13-17(33-3)5-6-19(20)24(31)15-23(18)30/h5-6,11-15,28,31H,7-10H2,1-4H3. The normalized spacial score (nSPS) is 13.0. The molecule has 0 atom stereocenters. The molecule has 0 bridgehead atoms. The zero-order chi connectivity index (χ0) is 24.7. The maximum absolute atomic E-state index is 13.6. The molecule has 0 saturated heterocycles. The zero-order valence-corrected chi connectivity index (χ0v) is 20.3. The summed E-state index contributed by atoms with van der Waals surface area (Å²) >= 11 is 0. The van der Waals surface area contributed by atoms with Crippen LogP contribution in [-0.2, 0) is 6.42 Å². The van der Waals surface area contributed by atoms with Crippen molar-refractivity contribution in [3.8, 4) is 23.0 Å². The Balaban J connectivity index is 1.48. The van der Waals surface area contributed by atoms with Crippen molar-refractivity contribution in [1.82, 2.24) is 9.88 Å². The number of likely N-dealkylation sites (N-methyl/N-ethyl adjacent to an activating group) is 1. The molecule has 0 unspecified atom stereocenters. The second-order valence-electron chi connectivity index (χ2n) is 8.94. The van der Waals surface area contributed by atoms with Crippen molar-refractivity contribution < 1.29 is 24.1 Å². The molecular formula is C27H29N3O5. The van der Waals surface area contributed by atoms with Gasteiger partial charge in [0.15, 0.2) is 11.5 Å². The van der Waals surface area contributed by atoms with Gasteiger partial charge in [-0.1, -0.05) is 0 Å². The van der Waals surface area contributed by atoms with Crippen molar-refractivity contribution >= 4 is 33.3 Å². The lowest BCUT2D eigenvalue weighted by Gasteiger charge is -2.17. The second kappa shape index (κ2) is 9.03. The Morgan fingerprint density at radius 1 is 1.06 bits per heavy atom. The summed E-state index contributed by atoms with van der Waals surface area (Å²) in [6.07, 6.45) is 0.697. The Kier molecular flexibility index (Phi) is 5.90. The van der Waals surface area contributed by atoms with Gasteiger partial charge in [0.05, 0.1) is 19.9 Å². The van der Waals surface area contributed by atoms with Crippen LogP contribution in [0.4, 0.5) is 5.69 Å². The Labute approximate surface area is 203 Å². The van der Waals surface area contributed by atoms with Gasteiger partial charge in [-0.2, -0.15) is 0 Å². The van der Waals surface area contributed by atoms with Crippen LogP contribution in [0.1, 0.15) is 16.1 Å². The summed E-state index contributed by atoms with van der Waals surface area (Å²) in [6.45, 7) is 1.83. The Morgan fingerprint density at radius 2 is 1.89 bits per heavy atom. The fraction of sp³-hybridized carbons (Fsp3) is 0.296. The summed E-state index contributed by atoms with van der Waals surface area (Å²) in [4.78, 5) is 20.5. The predicted octanol–water partition coefficient (Wildman–Crippen LogP) is 4.19. The van der Waals surface area contributed by atoms with Gasteiger partial charge in [-0.25, -0.2) is 0 Å². The molecule has 0 saturated carbocycles. The first-order chi connectivity index (χ1) is 16.9. The van der Waals surface area contributed by atoms with Crippen LogP contribution >= 0.6 is 0 Å². The van der Waals surface area contributed by atoms with Gasteiger partial charge in [-0.15, -0.1) is 0 Å². The number of aromatic hydroxyl groups is 1. The van der Waals surface area contributed by atoms with E-state index in [2.05, 4.69) is 4.98 Å². The molecule has 5 rings (SSSR count). The maximum atomic E-state index is 13.6. The van der Waals surface area contributed by atoms with E-state index in [-0.39, 0.29) is 11.7 Å². The minimum absolute atomic E-state index is 0.141. The third kappa shape index (κ3) is 4.10. The smallest absolute Gasteiger partial charge is 0.274 e. The summed E-state index contributed by atoms with van der Waals surface area (Å²) in [5, 5.41) is 13.2. The third-order valence-corrected chi connectivity index (χ3v) is 6.46. The first kappa shape index (κ1) is 22.9. The highest BCUT2D eigenvalue weighted by Gasteiger charge is 2.29. The number of nitrogens with one attached hydrogen (secondary N) is 1. The van der Waals surface area contributed by atoms with Crippen LogP contribution in [0.3, 0.4) is 0 Å². The highest BCUT2D eigenvalue weighted by molar-refractivity contribution is 6.11. The quantitative estimate of drug-likeness (QED) is 0.417. The van der Waals surface area contributed by atoms with Gasteiger partial charge in [0.1, 0.15) is 23.8 Å². The average Bonchev–Trinajstić information content (AvgIpc) is 3.46. The van der Waals surface area contributed by atoms with E-state index < -0.39 is 0 Å². The molecule has 35 heavy (non-hydrogen) atoms. The molecule has 0 fully saturated rings. The van der Waals surface area contributed by atoms with Crippen LogP contribution in [0.5, 0.6) is 23.0 Å². The fourth-order valence-electron chi connectivity index (χ4n) is 4.63. The summed E-state index contributed by atoms with van der Waals surface area (Å²) < 4.78 is 16.8. The number of nitrogens with zero attached hydrogens (tertiary/aromatic N) is 2. The number of ether oxygens (including phenoxy) is 3. The van der Waals surface area contributed by atoms with E-state index in [1.54, 1.807) is 25.2 Å². The summed E-state index contributed by atoms with van der Waals surface area (Å²) in [7, 11) is 7.19. The Morgan fingerprint density at radius 3 is 2.63 bits per heavy atom. The number of benzene rings is 3. The van der Waals surface area contributed by atoms with E-state index >= 15 is 0 Å². The number of rotatable bonds is 7. The number of phenolic OH excluding ortho intramolecular Hbond substituents is 1. The first-order valence-electron chi connectivity index (χ1n) is 11.5. The minimum Gasteiger partial charge on any atom is -0.507 e. The molecule has 0 radical (unpaired) electrons. The predicted molar refractivity (Wildman–Crippen MR) is 136 cm³/mol. The van der Waals surface area contributed by atoms with Crippen LogP contribution in [0, 0.1) is 0 Å². The average molecular weight is 476 g/mol. The molecule has 2 heterocycles. The Hall–Kier alpha value is -3.91. The zero-order valence-electron chi connectivity index (χ0n) is 20.3. The molecule has 182 valence electrons. The molecule has 3 aromatic carbocycles. The third-order valence-electron chi connectivity index (χ3n) is 6.46.